The van der Waals surface area contributed by atoms with Crippen molar-refractivity contribution in [3.05, 3.63) is 75.4 Å². The first-order valence-electron chi connectivity index (χ1n) is 8.56. The zero-order valence-corrected chi connectivity index (χ0v) is 18.1. The SMILES string of the molecule is COc1ccc(S(=O)(=O)N(C)c2ccsc2C(=O)NCc2ccc(Cl)cc2)cc1. The molecular formula is C20H19ClN2O4S2. The van der Waals surface area contributed by atoms with Gasteiger partial charge in [0.05, 0.1) is 17.7 Å². The first-order chi connectivity index (χ1) is 13.8. The third-order valence-electron chi connectivity index (χ3n) is 4.27. The Labute approximate surface area is 178 Å². The largest absolute Gasteiger partial charge is 0.497 e. The Balaban J connectivity index is 1.78. The van der Waals surface area contributed by atoms with Crippen molar-refractivity contribution in [3.63, 3.8) is 0 Å². The van der Waals surface area contributed by atoms with Crippen molar-refractivity contribution in [2.24, 2.45) is 0 Å². The third kappa shape index (κ3) is 4.72. The van der Waals surface area contributed by atoms with Crippen LogP contribution in [0.15, 0.2) is 64.9 Å². The summed E-state index contributed by atoms with van der Waals surface area (Å²) in [4.78, 5) is 13.1. The molecule has 0 unspecified atom stereocenters. The van der Waals surface area contributed by atoms with Crippen LogP contribution in [0.3, 0.4) is 0 Å². The number of rotatable bonds is 7. The average Bonchev–Trinajstić information content (AvgIpc) is 3.22. The normalized spacial score (nSPS) is 11.1. The number of ether oxygens (including phenoxy) is 1. The Morgan fingerprint density at radius 1 is 1.10 bits per heavy atom. The van der Waals surface area contributed by atoms with E-state index >= 15 is 0 Å². The highest BCUT2D eigenvalue weighted by Gasteiger charge is 2.26. The highest BCUT2D eigenvalue weighted by molar-refractivity contribution is 7.92. The Morgan fingerprint density at radius 2 is 1.76 bits per heavy atom. The van der Waals surface area contributed by atoms with Gasteiger partial charge < -0.3 is 10.1 Å². The van der Waals surface area contributed by atoms with Crippen LogP contribution in [0.4, 0.5) is 5.69 Å². The zero-order valence-electron chi connectivity index (χ0n) is 15.8. The van der Waals surface area contributed by atoms with Crippen molar-refractivity contribution in [2.45, 2.75) is 11.4 Å². The van der Waals surface area contributed by atoms with E-state index in [2.05, 4.69) is 5.32 Å². The van der Waals surface area contributed by atoms with Crippen molar-refractivity contribution in [1.82, 2.24) is 5.32 Å². The second kappa shape index (κ2) is 8.86. The Morgan fingerprint density at radius 3 is 2.38 bits per heavy atom. The average molecular weight is 451 g/mol. The minimum Gasteiger partial charge on any atom is -0.497 e. The van der Waals surface area contributed by atoms with Crippen LogP contribution in [-0.4, -0.2) is 28.5 Å². The molecule has 29 heavy (non-hydrogen) atoms. The minimum atomic E-state index is -3.83. The van der Waals surface area contributed by atoms with E-state index < -0.39 is 10.0 Å². The van der Waals surface area contributed by atoms with E-state index in [0.29, 0.717) is 27.9 Å². The van der Waals surface area contributed by atoms with Crippen LogP contribution in [0.2, 0.25) is 5.02 Å². The number of hydrogen-bond donors (Lipinski definition) is 1. The summed E-state index contributed by atoms with van der Waals surface area (Å²) in [5.41, 5.74) is 1.21. The van der Waals surface area contributed by atoms with Crippen molar-refractivity contribution >= 4 is 44.6 Å². The molecule has 0 aliphatic carbocycles. The van der Waals surface area contributed by atoms with Crippen LogP contribution in [0, 0.1) is 0 Å². The lowest BCUT2D eigenvalue weighted by molar-refractivity contribution is 0.0955. The van der Waals surface area contributed by atoms with Gasteiger partial charge >= 0.3 is 0 Å². The topological polar surface area (TPSA) is 75.7 Å². The molecule has 0 bridgehead atoms. The van der Waals surface area contributed by atoms with Gasteiger partial charge in [-0.15, -0.1) is 11.3 Å². The standard InChI is InChI=1S/C20H19ClN2O4S2/c1-23(29(25,26)17-9-7-16(27-2)8-10-17)18-11-12-28-19(18)20(24)22-13-14-3-5-15(21)6-4-14/h3-12H,13H2,1-2H3,(H,22,24). The molecule has 3 aromatic rings. The molecule has 3 rings (SSSR count). The number of sulfonamides is 1. The highest BCUT2D eigenvalue weighted by Crippen LogP contribution is 2.30. The molecule has 0 radical (unpaired) electrons. The molecular weight excluding hydrogens is 432 g/mol. The molecule has 0 aliphatic rings. The van der Waals surface area contributed by atoms with Gasteiger partial charge in [-0.05, 0) is 53.4 Å². The maximum absolute atomic E-state index is 13.0. The van der Waals surface area contributed by atoms with Crippen LogP contribution >= 0.6 is 22.9 Å². The first kappa shape index (κ1) is 21.2. The summed E-state index contributed by atoms with van der Waals surface area (Å²) in [6.07, 6.45) is 0. The Hall–Kier alpha value is -2.55. The number of nitrogens with one attached hydrogen (secondary N) is 1. The van der Waals surface area contributed by atoms with Crippen LogP contribution in [-0.2, 0) is 16.6 Å². The monoisotopic (exact) mass is 450 g/mol. The maximum Gasteiger partial charge on any atom is 0.264 e. The maximum atomic E-state index is 13.0. The predicted molar refractivity (Wildman–Crippen MR) is 116 cm³/mol. The van der Waals surface area contributed by atoms with Gasteiger partial charge in [-0.25, -0.2) is 8.42 Å². The summed E-state index contributed by atoms with van der Waals surface area (Å²) < 4.78 is 32.1. The van der Waals surface area contributed by atoms with Gasteiger partial charge in [0.2, 0.25) is 0 Å². The van der Waals surface area contributed by atoms with Gasteiger partial charge in [0.1, 0.15) is 10.6 Å². The number of thiophene rings is 1. The fraction of sp³-hybridized carbons (Fsp3) is 0.150. The molecule has 1 heterocycles. The molecule has 2 aromatic carbocycles. The summed E-state index contributed by atoms with van der Waals surface area (Å²) in [5.74, 6) is 0.214. The van der Waals surface area contributed by atoms with E-state index in [9.17, 15) is 13.2 Å². The van der Waals surface area contributed by atoms with Crippen molar-refractivity contribution < 1.29 is 17.9 Å². The van der Waals surface area contributed by atoms with Gasteiger partial charge in [0.25, 0.3) is 15.9 Å². The number of methoxy groups -OCH3 is 1. The number of carbonyl (C=O) groups excluding carboxylic acids is 1. The smallest absolute Gasteiger partial charge is 0.264 e. The van der Waals surface area contributed by atoms with Gasteiger partial charge in [-0.3, -0.25) is 9.10 Å². The number of benzene rings is 2. The summed E-state index contributed by atoms with van der Waals surface area (Å²) >= 11 is 7.05. The summed E-state index contributed by atoms with van der Waals surface area (Å²) in [7, 11) is -0.887. The fourth-order valence-electron chi connectivity index (χ4n) is 2.62. The van der Waals surface area contributed by atoms with Gasteiger partial charge in [-0.2, -0.15) is 0 Å². The van der Waals surface area contributed by atoms with Crippen LogP contribution < -0.4 is 14.4 Å². The molecule has 1 amide bonds. The molecule has 0 fully saturated rings. The molecule has 1 N–H and O–H groups in total. The Kier molecular flexibility index (Phi) is 6.46. The van der Waals surface area contributed by atoms with Crippen molar-refractivity contribution in [2.75, 3.05) is 18.5 Å². The summed E-state index contributed by atoms with van der Waals surface area (Å²) in [5, 5.41) is 5.12. The molecule has 0 aliphatic heterocycles. The lowest BCUT2D eigenvalue weighted by atomic mass is 10.2. The van der Waals surface area contributed by atoms with Crippen LogP contribution in [0.1, 0.15) is 15.2 Å². The molecule has 0 atom stereocenters. The second-order valence-corrected chi connectivity index (χ2v) is 9.41. The van der Waals surface area contributed by atoms with Crippen molar-refractivity contribution in [3.8, 4) is 5.75 Å². The number of carbonyl (C=O) groups is 1. The predicted octanol–water partition coefficient (Wildman–Crippen LogP) is 4.17. The number of amides is 1. The fourth-order valence-corrected chi connectivity index (χ4v) is 4.85. The summed E-state index contributed by atoms with van der Waals surface area (Å²) in [6, 6.07) is 14.8. The molecule has 0 spiro atoms. The van der Waals surface area contributed by atoms with Crippen LogP contribution in [0.5, 0.6) is 5.75 Å². The lowest BCUT2D eigenvalue weighted by Crippen LogP contribution is -2.29. The van der Waals surface area contributed by atoms with E-state index in [0.717, 1.165) is 9.87 Å². The number of anilines is 1. The van der Waals surface area contributed by atoms with Crippen molar-refractivity contribution in [1.29, 1.82) is 0 Å². The van der Waals surface area contributed by atoms with Gasteiger partial charge in [0.15, 0.2) is 0 Å². The Bertz CT molecular complexity index is 1090. The zero-order chi connectivity index (χ0) is 21.0. The minimum absolute atomic E-state index is 0.111. The van der Waals surface area contributed by atoms with E-state index in [1.807, 2.05) is 12.1 Å². The van der Waals surface area contributed by atoms with Gasteiger partial charge in [-0.1, -0.05) is 23.7 Å². The molecule has 0 saturated heterocycles. The molecule has 9 heteroatoms. The van der Waals surface area contributed by atoms with E-state index in [1.165, 1.54) is 37.6 Å². The number of nitrogens with zero attached hydrogens (tertiary/aromatic N) is 1. The van der Waals surface area contributed by atoms with E-state index in [-0.39, 0.29) is 10.8 Å². The van der Waals surface area contributed by atoms with E-state index in [1.54, 1.807) is 35.7 Å². The second-order valence-electron chi connectivity index (χ2n) is 6.09. The quantitative estimate of drug-likeness (QED) is 0.586. The first-order valence-corrected chi connectivity index (χ1v) is 11.3. The number of halogens is 1. The molecule has 1 aromatic heterocycles. The molecule has 152 valence electrons. The molecule has 6 nitrogen and oxygen atoms in total. The lowest BCUT2D eigenvalue weighted by Gasteiger charge is -2.20. The number of hydrogen-bond acceptors (Lipinski definition) is 5. The highest BCUT2D eigenvalue weighted by atomic mass is 35.5. The third-order valence-corrected chi connectivity index (χ3v) is 7.21. The molecule has 0 saturated carbocycles. The van der Waals surface area contributed by atoms with E-state index in [4.69, 9.17) is 16.3 Å². The van der Waals surface area contributed by atoms with Gasteiger partial charge in [0, 0.05) is 18.6 Å². The van der Waals surface area contributed by atoms with Crippen LogP contribution in [0.25, 0.3) is 0 Å². The summed E-state index contributed by atoms with van der Waals surface area (Å²) in [6.45, 7) is 0.308.